The Bertz CT molecular complexity index is 1050. The molecular weight excluding hydrogens is 396 g/mol. The Kier molecular flexibility index (Phi) is 6.49. The molecule has 0 radical (unpaired) electrons. The van der Waals surface area contributed by atoms with Crippen LogP contribution in [0.3, 0.4) is 0 Å². The minimum absolute atomic E-state index is 0.0728. The topological polar surface area (TPSA) is 69.3 Å². The van der Waals surface area contributed by atoms with E-state index in [1.165, 1.54) is 11.3 Å². The highest BCUT2D eigenvalue weighted by Crippen LogP contribution is 2.24. The molecule has 2 aromatic heterocycles. The van der Waals surface area contributed by atoms with E-state index in [9.17, 15) is 9.59 Å². The normalized spacial score (nSPS) is 11.3. The maximum absolute atomic E-state index is 12.8. The molecular formula is C20H23ClN4O2S. The first-order valence-electron chi connectivity index (χ1n) is 9.11. The standard InChI is InChI=1S/C20H23ClN4O2S/c1-4-9-25(12-18(26)24(3)16-8-6-5-7-14(16)21)11-17-22-15-10-13(2)28-19(15)20(27)23-17/h5-8,10H,4,9,11-12H2,1-3H3,(H,22,23,27). The molecule has 0 fully saturated rings. The van der Waals surface area contributed by atoms with Crippen LogP contribution >= 0.6 is 22.9 Å². The molecule has 0 bridgehead atoms. The second kappa shape index (κ2) is 8.86. The van der Waals surface area contributed by atoms with E-state index < -0.39 is 0 Å². The first-order valence-corrected chi connectivity index (χ1v) is 10.3. The van der Waals surface area contributed by atoms with E-state index in [0.29, 0.717) is 39.8 Å². The number of hydrogen-bond acceptors (Lipinski definition) is 5. The highest BCUT2D eigenvalue weighted by molar-refractivity contribution is 7.18. The molecule has 0 aliphatic heterocycles. The first kappa shape index (κ1) is 20.5. The molecule has 0 unspecified atom stereocenters. The summed E-state index contributed by atoms with van der Waals surface area (Å²) in [5.74, 6) is 0.494. The van der Waals surface area contributed by atoms with Crippen molar-refractivity contribution in [2.75, 3.05) is 25.0 Å². The number of carbonyl (C=O) groups excluding carboxylic acids is 1. The van der Waals surface area contributed by atoms with Gasteiger partial charge in [0, 0.05) is 11.9 Å². The monoisotopic (exact) mass is 418 g/mol. The van der Waals surface area contributed by atoms with Crippen LogP contribution in [0.2, 0.25) is 5.02 Å². The van der Waals surface area contributed by atoms with Crippen molar-refractivity contribution in [2.24, 2.45) is 0 Å². The molecule has 0 saturated carbocycles. The lowest BCUT2D eigenvalue weighted by atomic mass is 10.3. The van der Waals surface area contributed by atoms with Gasteiger partial charge in [0.25, 0.3) is 5.56 Å². The van der Waals surface area contributed by atoms with E-state index in [0.717, 1.165) is 11.3 Å². The molecule has 1 aromatic carbocycles. The van der Waals surface area contributed by atoms with E-state index >= 15 is 0 Å². The number of para-hydroxylation sites is 1. The molecule has 148 valence electrons. The number of aromatic nitrogens is 2. The zero-order chi connectivity index (χ0) is 20.3. The zero-order valence-corrected chi connectivity index (χ0v) is 17.7. The van der Waals surface area contributed by atoms with Crippen LogP contribution in [0.5, 0.6) is 0 Å². The van der Waals surface area contributed by atoms with Crippen LogP contribution in [-0.4, -0.2) is 40.9 Å². The Hall–Kier alpha value is -2.22. The van der Waals surface area contributed by atoms with Gasteiger partial charge in [-0.15, -0.1) is 11.3 Å². The average Bonchev–Trinajstić information content (AvgIpc) is 3.02. The number of anilines is 1. The number of aromatic amines is 1. The van der Waals surface area contributed by atoms with Crippen molar-refractivity contribution in [3.05, 3.63) is 56.4 Å². The number of rotatable bonds is 7. The van der Waals surface area contributed by atoms with Crippen molar-refractivity contribution >= 4 is 44.7 Å². The van der Waals surface area contributed by atoms with Crippen LogP contribution in [0, 0.1) is 6.92 Å². The lowest BCUT2D eigenvalue weighted by Crippen LogP contribution is -2.39. The Morgan fingerprint density at radius 2 is 2.07 bits per heavy atom. The van der Waals surface area contributed by atoms with Crippen molar-refractivity contribution < 1.29 is 4.79 Å². The predicted octanol–water partition coefficient (Wildman–Crippen LogP) is 3.82. The summed E-state index contributed by atoms with van der Waals surface area (Å²) in [6.45, 7) is 5.33. The van der Waals surface area contributed by atoms with Gasteiger partial charge in [0.2, 0.25) is 5.91 Å². The number of nitrogens with zero attached hydrogens (tertiary/aromatic N) is 3. The molecule has 0 spiro atoms. The van der Waals surface area contributed by atoms with Gasteiger partial charge in [0.15, 0.2) is 0 Å². The third-order valence-corrected chi connectivity index (χ3v) is 5.77. The fourth-order valence-corrected chi connectivity index (χ4v) is 4.19. The summed E-state index contributed by atoms with van der Waals surface area (Å²) in [7, 11) is 1.72. The van der Waals surface area contributed by atoms with Gasteiger partial charge in [-0.05, 0) is 38.1 Å². The number of aryl methyl sites for hydroxylation is 1. The second-order valence-corrected chi connectivity index (χ2v) is 8.36. The summed E-state index contributed by atoms with van der Waals surface area (Å²) in [4.78, 5) is 37.1. The fourth-order valence-electron chi connectivity index (χ4n) is 3.08. The van der Waals surface area contributed by atoms with Gasteiger partial charge >= 0.3 is 0 Å². The van der Waals surface area contributed by atoms with Crippen LogP contribution in [-0.2, 0) is 11.3 Å². The van der Waals surface area contributed by atoms with Crippen LogP contribution in [0.4, 0.5) is 5.69 Å². The summed E-state index contributed by atoms with van der Waals surface area (Å²) in [6.07, 6.45) is 0.882. The molecule has 8 heteroatoms. The molecule has 0 atom stereocenters. The summed E-state index contributed by atoms with van der Waals surface area (Å²) in [5.41, 5.74) is 1.25. The number of amides is 1. The van der Waals surface area contributed by atoms with Crippen LogP contribution in [0.1, 0.15) is 24.0 Å². The van der Waals surface area contributed by atoms with Gasteiger partial charge in [-0.3, -0.25) is 14.5 Å². The molecule has 3 aromatic rings. The SMILES string of the molecule is CCCN(CC(=O)N(C)c1ccccc1Cl)Cc1nc2cc(C)sc2c(=O)[nH]1. The first-order chi connectivity index (χ1) is 13.4. The van der Waals surface area contributed by atoms with Crippen molar-refractivity contribution in [1.82, 2.24) is 14.9 Å². The Morgan fingerprint density at radius 3 is 2.79 bits per heavy atom. The number of thiophene rings is 1. The predicted molar refractivity (Wildman–Crippen MR) is 115 cm³/mol. The number of fused-ring (bicyclic) bond motifs is 1. The van der Waals surface area contributed by atoms with Crippen LogP contribution in [0.15, 0.2) is 35.1 Å². The third-order valence-electron chi connectivity index (χ3n) is 4.42. The number of H-pyrrole nitrogens is 1. The maximum atomic E-state index is 12.8. The van der Waals surface area contributed by atoms with Gasteiger partial charge in [-0.1, -0.05) is 30.7 Å². The van der Waals surface area contributed by atoms with Gasteiger partial charge in [-0.2, -0.15) is 0 Å². The second-order valence-electron chi connectivity index (χ2n) is 6.70. The minimum atomic E-state index is -0.130. The number of halogens is 1. The summed E-state index contributed by atoms with van der Waals surface area (Å²) in [6, 6.07) is 9.17. The molecule has 28 heavy (non-hydrogen) atoms. The molecule has 0 saturated heterocycles. The van der Waals surface area contributed by atoms with E-state index in [4.69, 9.17) is 11.6 Å². The smallest absolute Gasteiger partial charge is 0.268 e. The van der Waals surface area contributed by atoms with Crippen molar-refractivity contribution in [3.63, 3.8) is 0 Å². The van der Waals surface area contributed by atoms with E-state index in [1.54, 1.807) is 18.0 Å². The lowest BCUT2D eigenvalue weighted by Gasteiger charge is -2.25. The third kappa shape index (κ3) is 4.60. The molecule has 0 aliphatic carbocycles. The van der Waals surface area contributed by atoms with Crippen molar-refractivity contribution in [3.8, 4) is 0 Å². The number of hydrogen-bond donors (Lipinski definition) is 1. The highest BCUT2D eigenvalue weighted by Gasteiger charge is 2.18. The molecule has 1 N–H and O–H groups in total. The summed E-state index contributed by atoms with van der Waals surface area (Å²) in [5, 5.41) is 0.532. The van der Waals surface area contributed by atoms with Gasteiger partial charge in [-0.25, -0.2) is 4.98 Å². The molecule has 6 nitrogen and oxygen atoms in total. The molecule has 1 amide bonds. The number of benzene rings is 1. The zero-order valence-electron chi connectivity index (χ0n) is 16.2. The Balaban J connectivity index is 1.77. The lowest BCUT2D eigenvalue weighted by molar-refractivity contribution is -0.119. The van der Waals surface area contributed by atoms with Gasteiger partial charge in [0.05, 0.1) is 29.3 Å². The maximum Gasteiger partial charge on any atom is 0.268 e. The number of likely N-dealkylation sites (N-methyl/N-ethyl adjacent to an activating group) is 1. The number of carbonyl (C=O) groups is 1. The Morgan fingerprint density at radius 1 is 1.32 bits per heavy atom. The molecule has 2 heterocycles. The van der Waals surface area contributed by atoms with E-state index in [2.05, 4.69) is 16.9 Å². The van der Waals surface area contributed by atoms with Crippen molar-refractivity contribution in [2.45, 2.75) is 26.8 Å². The van der Waals surface area contributed by atoms with Gasteiger partial charge in [0.1, 0.15) is 10.5 Å². The highest BCUT2D eigenvalue weighted by atomic mass is 35.5. The van der Waals surface area contributed by atoms with Crippen LogP contribution < -0.4 is 10.5 Å². The van der Waals surface area contributed by atoms with E-state index in [-0.39, 0.29) is 18.0 Å². The minimum Gasteiger partial charge on any atom is -0.313 e. The molecule has 3 rings (SSSR count). The largest absolute Gasteiger partial charge is 0.313 e. The van der Waals surface area contributed by atoms with Crippen molar-refractivity contribution in [1.29, 1.82) is 0 Å². The molecule has 0 aliphatic rings. The summed E-state index contributed by atoms with van der Waals surface area (Å²) < 4.78 is 0.637. The quantitative estimate of drug-likeness (QED) is 0.633. The Labute approximate surface area is 172 Å². The van der Waals surface area contributed by atoms with Gasteiger partial charge < -0.3 is 9.88 Å². The van der Waals surface area contributed by atoms with E-state index in [1.807, 2.05) is 36.1 Å². The van der Waals surface area contributed by atoms with Crippen LogP contribution in [0.25, 0.3) is 10.2 Å². The number of nitrogens with one attached hydrogen (secondary N) is 1. The fraction of sp³-hybridized carbons (Fsp3) is 0.350. The summed E-state index contributed by atoms with van der Waals surface area (Å²) >= 11 is 7.65. The average molecular weight is 419 g/mol.